The molecule has 1 unspecified atom stereocenters. The minimum Gasteiger partial charge on any atom is -0.494 e. The summed E-state index contributed by atoms with van der Waals surface area (Å²) in [5.74, 6) is 2.07. The maximum absolute atomic E-state index is 5.68. The highest BCUT2D eigenvalue weighted by atomic mass is 32.2. The zero-order valence-electron chi connectivity index (χ0n) is 12.1. The van der Waals surface area contributed by atoms with Crippen LogP contribution in [0.5, 0.6) is 5.75 Å². The predicted molar refractivity (Wildman–Crippen MR) is 91.3 cm³/mol. The van der Waals surface area contributed by atoms with E-state index in [2.05, 4.69) is 45.0 Å². The van der Waals surface area contributed by atoms with Crippen LogP contribution < -0.4 is 4.74 Å². The normalized spacial score (nSPS) is 21.2. The van der Waals surface area contributed by atoms with Gasteiger partial charge in [0.2, 0.25) is 0 Å². The van der Waals surface area contributed by atoms with Gasteiger partial charge in [-0.25, -0.2) is 0 Å². The van der Waals surface area contributed by atoms with Crippen LogP contribution in [0.4, 0.5) is 0 Å². The third kappa shape index (κ3) is 4.86. The highest BCUT2D eigenvalue weighted by molar-refractivity contribution is 8.14. The van der Waals surface area contributed by atoms with Crippen LogP contribution in [0.3, 0.4) is 0 Å². The van der Waals surface area contributed by atoms with Gasteiger partial charge < -0.3 is 4.74 Å². The van der Waals surface area contributed by atoms with Gasteiger partial charge in [-0.2, -0.15) is 0 Å². The first-order valence-corrected chi connectivity index (χ1v) is 8.01. The molecule has 0 spiro atoms. The molecule has 0 radical (unpaired) electrons. The summed E-state index contributed by atoms with van der Waals surface area (Å²) < 4.78 is 5.68. The lowest BCUT2D eigenvalue weighted by atomic mass is 9.95. The molecule has 20 heavy (non-hydrogen) atoms. The average Bonchev–Trinajstić information content (AvgIpc) is 2.71. The van der Waals surface area contributed by atoms with E-state index >= 15 is 0 Å². The first kappa shape index (κ1) is 17.1. The van der Waals surface area contributed by atoms with Crippen LogP contribution in [0, 0.1) is 0 Å². The summed E-state index contributed by atoms with van der Waals surface area (Å²) in [5, 5.41) is 1.21. The number of benzene rings is 1. The Morgan fingerprint density at radius 2 is 2.00 bits per heavy atom. The molecule has 1 heterocycles. The molecule has 0 fully saturated rings. The van der Waals surface area contributed by atoms with Crippen LogP contribution in [0.15, 0.2) is 29.3 Å². The molecule has 0 aliphatic carbocycles. The highest BCUT2D eigenvalue weighted by Crippen LogP contribution is 2.31. The monoisotopic (exact) mass is 293 g/mol. The summed E-state index contributed by atoms with van der Waals surface area (Å²) in [5.41, 5.74) is 1.41. The van der Waals surface area contributed by atoms with Crippen molar-refractivity contribution in [1.82, 2.24) is 0 Å². The minimum atomic E-state index is 0. The molecule has 1 aliphatic heterocycles. The first-order chi connectivity index (χ1) is 9.11. The van der Waals surface area contributed by atoms with Gasteiger partial charge in [0.1, 0.15) is 5.75 Å². The van der Waals surface area contributed by atoms with Crippen molar-refractivity contribution in [2.45, 2.75) is 53.0 Å². The lowest BCUT2D eigenvalue weighted by Gasteiger charge is -2.19. The quantitative estimate of drug-likeness (QED) is 0.691. The van der Waals surface area contributed by atoms with E-state index < -0.39 is 0 Å². The molecule has 1 aromatic carbocycles. The summed E-state index contributed by atoms with van der Waals surface area (Å²) >= 11 is 1.87. The van der Waals surface area contributed by atoms with Crippen molar-refractivity contribution < 1.29 is 4.74 Å². The van der Waals surface area contributed by atoms with Crippen LogP contribution in [-0.2, 0) is 6.42 Å². The average molecular weight is 293 g/mol. The van der Waals surface area contributed by atoms with Crippen LogP contribution in [-0.4, -0.2) is 22.9 Å². The van der Waals surface area contributed by atoms with Gasteiger partial charge in [0, 0.05) is 5.75 Å². The van der Waals surface area contributed by atoms with Crippen molar-refractivity contribution in [3.63, 3.8) is 0 Å². The Kier molecular flexibility index (Phi) is 6.60. The van der Waals surface area contributed by atoms with Crippen molar-refractivity contribution in [3.05, 3.63) is 29.8 Å². The van der Waals surface area contributed by atoms with Crippen LogP contribution >= 0.6 is 11.8 Å². The third-order valence-corrected chi connectivity index (χ3v) is 4.57. The summed E-state index contributed by atoms with van der Waals surface area (Å²) in [6.07, 6.45) is 3.29. The first-order valence-electron chi connectivity index (χ1n) is 7.02. The summed E-state index contributed by atoms with van der Waals surface area (Å²) in [6, 6.07) is 8.49. The van der Waals surface area contributed by atoms with Crippen LogP contribution in [0.25, 0.3) is 0 Å². The van der Waals surface area contributed by atoms with Crippen LogP contribution in [0.2, 0.25) is 0 Å². The van der Waals surface area contributed by atoms with E-state index in [1.807, 2.05) is 11.8 Å². The van der Waals surface area contributed by atoms with Gasteiger partial charge in [-0.1, -0.05) is 32.9 Å². The summed E-state index contributed by atoms with van der Waals surface area (Å²) in [7, 11) is 0. The largest absolute Gasteiger partial charge is 0.494 e. The van der Waals surface area contributed by atoms with E-state index in [0.29, 0.717) is 0 Å². The van der Waals surface area contributed by atoms with Gasteiger partial charge >= 0.3 is 0 Å². The SMILES string of the molecule is C.CCCCOc1ccc(CC2(C)CSC(C)=N2)cc1. The number of hydrogen-bond acceptors (Lipinski definition) is 3. The van der Waals surface area contributed by atoms with Crippen LogP contribution in [0.1, 0.15) is 46.6 Å². The second-order valence-electron chi connectivity index (χ2n) is 5.44. The maximum atomic E-state index is 5.68. The van der Waals surface area contributed by atoms with E-state index in [4.69, 9.17) is 9.73 Å². The molecule has 0 amide bonds. The fourth-order valence-electron chi connectivity index (χ4n) is 2.27. The maximum Gasteiger partial charge on any atom is 0.119 e. The molecule has 0 aromatic heterocycles. The molecule has 3 heteroatoms. The van der Waals surface area contributed by atoms with Gasteiger partial charge in [-0.05, 0) is 44.4 Å². The fourth-order valence-corrected chi connectivity index (χ4v) is 3.24. The van der Waals surface area contributed by atoms with E-state index in [0.717, 1.165) is 31.0 Å². The molecular weight excluding hydrogens is 266 g/mol. The molecule has 0 saturated heterocycles. The second kappa shape index (κ2) is 7.72. The molecule has 0 N–H and O–H groups in total. The molecule has 2 rings (SSSR count). The van der Waals surface area contributed by atoms with Crippen molar-refractivity contribution in [1.29, 1.82) is 0 Å². The predicted octanol–water partition coefficient (Wildman–Crippen LogP) is 4.97. The number of aliphatic imine (C=N–C) groups is 1. The van der Waals surface area contributed by atoms with Crippen molar-refractivity contribution in [3.8, 4) is 5.75 Å². The highest BCUT2D eigenvalue weighted by Gasteiger charge is 2.29. The Bertz CT molecular complexity index is 441. The van der Waals surface area contributed by atoms with Gasteiger partial charge in [-0.15, -0.1) is 11.8 Å². The Hall–Kier alpha value is -0.960. The Balaban J connectivity index is 0.00000200. The molecule has 1 aromatic rings. The zero-order chi connectivity index (χ0) is 13.7. The Morgan fingerprint density at radius 1 is 1.30 bits per heavy atom. The number of nitrogens with zero attached hydrogens (tertiary/aromatic N) is 1. The van der Waals surface area contributed by atoms with Gasteiger partial charge in [0.05, 0.1) is 17.2 Å². The number of thioether (sulfide) groups is 1. The van der Waals surface area contributed by atoms with Gasteiger partial charge in [0.15, 0.2) is 0 Å². The van der Waals surface area contributed by atoms with Crippen molar-refractivity contribution in [2.24, 2.45) is 4.99 Å². The molecule has 2 nitrogen and oxygen atoms in total. The van der Waals surface area contributed by atoms with E-state index in [1.54, 1.807) is 0 Å². The van der Waals surface area contributed by atoms with E-state index in [-0.39, 0.29) is 13.0 Å². The minimum absolute atomic E-state index is 0. The van der Waals surface area contributed by atoms with Gasteiger partial charge in [-0.3, -0.25) is 4.99 Å². The molecule has 1 atom stereocenters. The van der Waals surface area contributed by atoms with E-state index in [1.165, 1.54) is 17.0 Å². The molecule has 0 bridgehead atoms. The Labute approximate surface area is 128 Å². The smallest absolute Gasteiger partial charge is 0.119 e. The second-order valence-corrected chi connectivity index (χ2v) is 6.61. The zero-order valence-corrected chi connectivity index (χ0v) is 12.9. The van der Waals surface area contributed by atoms with Gasteiger partial charge in [0.25, 0.3) is 0 Å². The summed E-state index contributed by atoms with van der Waals surface area (Å²) in [6.45, 7) is 7.33. The molecule has 112 valence electrons. The number of unbranched alkanes of at least 4 members (excludes halogenated alkanes) is 1. The Morgan fingerprint density at radius 3 is 2.55 bits per heavy atom. The molecule has 1 aliphatic rings. The van der Waals surface area contributed by atoms with Crippen molar-refractivity contribution in [2.75, 3.05) is 12.4 Å². The molecular formula is C17H27NOS. The lowest BCUT2D eigenvalue weighted by Crippen LogP contribution is -2.25. The number of ether oxygens (including phenoxy) is 1. The molecule has 0 saturated carbocycles. The summed E-state index contributed by atoms with van der Waals surface area (Å²) in [4.78, 5) is 4.75. The third-order valence-electron chi connectivity index (χ3n) is 3.29. The fraction of sp³-hybridized carbons (Fsp3) is 0.588. The van der Waals surface area contributed by atoms with Crippen molar-refractivity contribution >= 4 is 16.8 Å². The van der Waals surface area contributed by atoms with E-state index in [9.17, 15) is 0 Å². The number of hydrogen-bond donors (Lipinski definition) is 0. The number of rotatable bonds is 6. The topological polar surface area (TPSA) is 21.6 Å². The lowest BCUT2D eigenvalue weighted by molar-refractivity contribution is 0.309. The standard InChI is InChI=1S/C16H23NOS.CH4/c1-4-5-10-18-15-8-6-14(7-9-15)11-16(3)12-19-13(2)17-16;/h6-9H,4-5,10-12H2,1-3H3;1H4.